The van der Waals surface area contributed by atoms with Gasteiger partial charge < -0.3 is 24.4 Å². The number of amides is 2. The first-order valence-electron chi connectivity index (χ1n) is 10.6. The van der Waals surface area contributed by atoms with E-state index in [4.69, 9.17) is 9.47 Å². The fourth-order valence-electron chi connectivity index (χ4n) is 5.25. The minimum atomic E-state index is -1.09. The molecule has 9 heteroatoms. The summed E-state index contributed by atoms with van der Waals surface area (Å²) < 4.78 is 11.6. The number of fused-ring (bicyclic) bond motifs is 1. The zero-order valence-electron chi connectivity index (χ0n) is 17.8. The van der Waals surface area contributed by atoms with Crippen molar-refractivity contribution < 1.29 is 29.0 Å². The number of alkyl halides is 1. The van der Waals surface area contributed by atoms with E-state index in [0.717, 1.165) is 0 Å². The van der Waals surface area contributed by atoms with Crippen molar-refractivity contribution in [3.63, 3.8) is 0 Å². The molecule has 168 valence electrons. The van der Waals surface area contributed by atoms with E-state index in [-0.39, 0.29) is 42.4 Å². The molecule has 3 aliphatic heterocycles. The molecule has 1 spiro atoms. The van der Waals surface area contributed by atoms with Crippen LogP contribution < -0.4 is 0 Å². The lowest BCUT2D eigenvalue weighted by Crippen LogP contribution is -2.58. The topological polar surface area (TPSA) is 96.4 Å². The molecule has 3 aliphatic rings. The number of aliphatic hydroxyl groups is 1. The Labute approximate surface area is 185 Å². The van der Waals surface area contributed by atoms with Crippen LogP contribution in [0.15, 0.2) is 12.7 Å². The Kier molecular flexibility index (Phi) is 6.94. The number of rotatable bonds is 9. The van der Waals surface area contributed by atoms with Crippen LogP contribution in [0.1, 0.15) is 33.6 Å². The SMILES string of the molecule is C=CCN(C(=O)C1N(CCCO)C(=O)[C@@H]2[C@H](C(=O)OCC)[C@H]3OC12CC3Br)C(C)C. The zero-order chi connectivity index (χ0) is 22.2. The molecule has 0 aromatic carbocycles. The molecule has 3 rings (SSSR count). The van der Waals surface area contributed by atoms with Crippen molar-refractivity contribution in [3.8, 4) is 0 Å². The summed E-state index contributed by atoms with van der Waals surface area (Å²) in [5.74, 6) is -2.47. The van der Waals surface area contributed by atoms with Gasteiger partial charge in [0, 0.05) is 30.6 Å². The lowest BCUT2D eigenvalue weighted by atomic mass is 9.70. The average Bonchev–Trinajstić information content (AvgIpc) is 3.27. The van der Waals surface area contributed by atoms with Gasteiger partial charge in [-0.05, 0) is 33.6 Å². The number of ether oxygens (including phenoxy) is 2. The van der Waals surface area contributed by atoms with Crippen LogP contribution in [0.25, 0.3) is 0 Å². The highest BCUT2D eigenvalue weighted by molar-refractivity contribution is 9.09. The minimum absolute atomic E-state index is 0.0973. The number of aliphatic hydroxyl groups excluding tert-OH is 1. The van der Waals surface area contributed by atoms with Crippen molar-refractivity contribution in [2.24, 2.45) is 11.8 Å². The normalized spacial score (nSPS) is 34.4. The second-order valence-electron chi connectivity index (χ2n) is 8.40. The number of hydrogen-bond donors (Lipinski definition) is 1. The highest BCUT2D eigenvalue weighted by Crippen LogP contribution is 2.60. The second-order valence-corrected chi connectivity index (χ2v) is 9.57. The lowest BCUT2D eigenvalue weighted by Gasteiger charge is -2.38. The van der Waals surface area contributed by atoms with Gasteiger partial charge >= 0.3 is 5.97 Å². The molecule has 3 heterocycles. The summed E-state index contributed by atoms with van der Waals surface area (Å²) in [6, 6.07) is -0.951. The summed E-state index contributed by atoms with van der Waals surface area (Å²) in [6.07, 6.45) is 1.94. The Morgan fingerprint density at radius 1 is 1.50 bits per heavy atom. The van der Waals surface area contributed by atoms with Crippen LogP contribution in [0.3, 0.4) is 0 Å². The number of hydrogen-bond acceptors (Lipinski definition) is 6. The van der Waals surface area contributed by atoms with Gasteiger partial charge in [0.2, 0.25) is 11.8 Å². The summed E-state index contributed by atoms with van der Waals surface area (Å²) in [4.78, 5) is 43.0. The van der Waals surface area contributed by atoms with Crippen LogP contribution in [0, 0.1) is 11.8 Å². The van der Waals surface area contributed by atoms with Gasteiger partial charge in [-0.15, -0.1) is 6.58 Å². The highest BCUT2D eigenvalue weighted by atomic mass is 79.9. The number of carbonyl (C=O) groups is 3. The van der Waals surface area contributed by atoms with Gasteiger partial charge in [-0.2, -0.15) is 0 Å². The molecule has 30 heavy (non-hydrogen) atoms. The molecule has 0 saturated carbocycles. The molecule has 0 aliphatic carbocycles. The summed E-state index contributed by atoms with van der Waals surface area (Å²) in [7, 11) is 0. The highest BCUT2D eigenvalue weighted by Gasteiger charge is 2.77. The van der Waals surface area contributed by atoms with E-state index >= 15 is 0 Å². The smallest absolute Gasteiger partial charge is 0.312 e. The van der Waals surface area contributed by atoms with Gasteiger partial charge in [0.15, 0.2) is 0 Å². The van der Waals surface area contributed by atoms with E-state index in [1.807, 2.05) is 13.8 Å². The third-order valence-corrected chi connectivity index (χ3v) is 7.22. The largest absolute Gasteiger partial charge is 0.466 e. The van der Waals surface area contributed by atoms with Gasteiger partial charge in [-0.1, -0.05) is 22.0 Å². The maximum absolute atomic E-state index is 13.7. The standard InChI is InChI=1S/C21H31BrN2O6/c1-5-8-23(12(3)4)19(27)17-21-11-13(22)16(30-21)14(20(28)29-6-2)15(21)18(26)24(17)9-7-10-25/h5,12-17,25H,1,6-11H2,2-4H3/t13?,14-,15-,16-,17?,21?/m0/s1. The molecule has 3 unspecified atom stereocenters. The maximum Gasteiger partial charge on any atom is 0.312 e. The molecular weight excluding hydrogens is 456 g/mol. The predicted octanol–water partition coefficient (Wildman–Crippen LogP) is 1.10. The Morgan fingerprint density at radius 3 is 2.77 bits per heavy atom. The van der Waals surface area contributed by atoms with E-state index < -0.39 is 35.6 Å². The Morgan fingerprint density at radius 2 is 2.20 bits per heavy atom. The molecule has 1 N–H and O–H groups in total. The molecule has 0 aromatic heterocycles. The summed E-state index contributed by atoms with van der Waals surface area (Å²) >= 11 is 3.61. The van der Waals surface area contributed by atoms with Crippen LogP contribution in [0.4, 0.5) is 0 Å². The fourth-order valence-corrected chi connectivity index (χ4v) is 6.19. The van der Waals surface area contributed by atoms with Crippen LogP contribution in [-0.2, 0) is 23.9 Å². The van der Waals surface area contributed by atoms with E-state index in [0.29, 0.717) is 19.4 Å². The second kappa shape index (κ2) is 8.96. The van der Waals surface area contributed by atoms with Gasteiger partial charge in [0.05, 0.1) is 24.5 Å². The molecule has 2 amide bonds. The molecule has 0 aromatic rings. The Balaban J connectivity index is 2.05. The van der Waals surface area contributed by atoms with Crippen LogP contribution in [0.5, 0.6) is 0 Å². The minimum Gasteiger partial charge on any atom is -0.466 e. The number of halogens is 1. The van der Waals surface area contributed by atoms with E-state index in [1.165, 1.54) is 4.90 Å². The molecule has 3 saturated heterocycles. The first-order valence-corrected chi connectivity index (χ1v) is 11.5. The third kappa shape index (κ3) is 3.48. The third-order valence-electron chi connectivity index (χ3n) is 6.37. The van der Waals surface area contributed by atoms with Crippen LogP contribution in [0.2, 0.25) is 0 Å². The monoisotopic (exact) mass is 486 g/mol. The number of esters is 1. The molecular formula is C21H31BrN2O6. The molecule has 3 fully saturated rings. The summed E-state index contributed by atoms with van der Waals surface area (Å²) in [6.45, 7) is 9.96. The van der Waals surface area contributed by atoms with Crippen molar-refractivity contribution in [2.45, 2.75) is 62.2 Å². The van der Waals surface area contributed by atoms with Crippen molar-refractivity contribution in [3.05, 3.63) is 12.7 Å². The van der Waals surface area contributed by atoms with E-state index in [1.54, 1.807) is 17.9 Å². The molecule has 6 atom stereocenters. The van der Waals surface area contributed by atoms with Crippen molar-refractivity contribution in [1.82, 2.24) is 9.80 Å². The maximum atomic E-state index is 13.7. The Hall–Kier alpha value is -1.45. The zero-order valence-corrected chi connectivity index (χ0v) is 19.3. The number of carbonyl (C=O) groups excluding carboxylic acids is 3. The molecule has 8 nitrogen and oxygen atoms in total. The van der Waals surface area contributed by atoms with E-state index in [2.05, 4.69) is 22.5 Å². The summed E-state index contributed by atoms with van der Waals surface area (Å²) in [5.41, 5.74) is -1.09. The van der Waals surface area contributed by atoms with Gasteiger partial charge in [0.1, 0.15) is 11.6 Å². The Bertz CT molecular complexity index is 716. The molecule has 0 radical (unpaired) electrons. The van der Waals surface area contributed by atoms with Crippen molar-refractivity contribution in [2.75, 3.05) is 26.3 Å². The average molecular weight is 487 g/mol. The van der Waals surface area contributed by atoms with Crippen LogP contribution in [-0.4, -0.2) is 87.6 Å². The van der Waals surface area contributed by atoms with E-state index in [9.17, 15) is 19.5 Å². The number of likely N-dealkylation sites (tertiary alicyclic amines) is 1. The van der Waals surface area contributed by atoms with Gasteiger partial charge in [-0.25, -0.2) is 0 Å². The van der Waals surface area contributed by atoms with Crippen molar-refractivity contribution >= 4 is 33.7 Å². The first kappa shape index (κ1) is 23.2. The van der Waals surface area contributed by atoms with Crippen LogP contribution >= 0.6 is 15.9 Å². The first-order chi connectivity index (χ1) is 14.2. The van der Waals surface area contributed by atoms with Gasteiger partial charge in [-0.3, -0.25) is 14.4 Å². The fraction of sp³-hybridized carbons (Fsp3) is 0.762. The quantitative estimate of drug-likeness (QED) is 0.297. The van der Waals surface area contributed by atoms with Gasteiger partial charge in [0.25, 0.3) is 0 Å². The number of nitrogens with zero attached hydrogens (tertiary/aromatic N) is 2. The predicted molar refractivity (Wildman–Crippen MR) is 113 cm³/mol. The molecule has 2 bridgehead atoms. The summed E-state index contributed by atoms with van der Waals surface area (Å²) in [5, 5.41) is 9.34. The van der Waals surface area contributed by atoms with Crippen molar-refractivity contribution in [1.29, 1.82) is 0 Å². The lowest BCUT2D eigenvalue weighted by molar-refractivity contribution is -0.155.